The van der Waals surface area contributed by atoms with Gasteiger partial charge in [0, 0.05) is 17.0 Å². The molecule has 0 aliphatic heterocycles. The molecule has 1 N–H and O–H groups in total. The highest BCUT2D eigenvalue weighted by Crippen LogP contribution is 2.63. The van der Waals surface area contributed by atoms with Gasteiger partial charge in [-0.1, -0.05) is 34.6 Å². The molecular formula is C14H24N2O. The van der Waals surface area contributed by atoms with E-state index in [0.717, 1.165) is 12.3 Å². The van der Waals surface area contributed by atoms with Crippen LogP contribution in [-0.2, 0) is 4.79 Å². The highest BCUT2D eigenvalue weighted by molar-refractivity contribution is 5.95. The predicted octanol–water partition coefficient (Wildman–Crippen LogP) is 2.96. The Morgan fingerprint density at radius 2 is 2.06 bits per heavy atom. The van der Waals surface area contributed by atoms with Crippen molar-refractivity contribution >= 4 is 11.6 Å². The molecule has 0 unspecified atom stereocenters. The van der Waals surface area contributed by atoms with Crippen LogP contribution in [0.1, 0.15) is 53.9 Å². The van der Waals surface area contributed by atoms with Crippen LogP contribution in [0.5, 0.6) is 0 Å². The summed E-state index contributed by atoms with van der Waals surface area (Å²) in [5.41, 5.74) is 4.43. The zero-order valence-electron chi connectivity index (χ0n) is 11.6. The summed E-state index contributed by atoms with van der Waals surface area (Å²) in [5, 5.41) is 4.41. The number of carbonyl (C=O) groups excluding carboxylic acids is 1. The van der Waals surface area contributed by atoms with Crippen molar-refractivity contribution in [2.24, 2.45) is 27.8 Å². The van der Waals surface area contributed by atoms with Gasteiger partial charge in [0.25, 0.3) is 0 Å². The number of hydrogen-bond donors (Lipinski definition) is 1. The molecule has 2 rings (SSSR count). The molecule has 0 radical (unpaired) electrons. The van der Waals surface area contributed by atoms with E-state index in [1.807, 2.05) is 13.8 Å². The maximum absolute atomic E-state index is 11.6. The molecule has 2 saturated carbocycles. The molecule has 2 fully saturated rings. The third kappa shape index (κ3) is 1.71. The number of nitrogens with one attached hydrogen (secondary N) is 1. The van der Waals surface area contributed by atoms with Crippen LogP contribution in [0, 0.1) is 22.7 Å². The van der Waals surface area contributed by atoms with Crippen LogP contribution in [0.25, 0.3) is 0 Å². The van der Waals surface area contributed by atoms with E-state index in [-0.39, 0.29) is 17.2 Å². The van der Waals surface area contributed by atoms with Crippen molar-refractivity contribution in [2.45, 2.75) is 53.9 Å². The average Bonchev–Trinajstić information content (AvgIpc) is 2.57. The van der Waals surface area contributed by atoms with Crippen molar-refractivity contribution in [2.75, 3.05) is 0 Å². The van der Waals surface area contributed by atoms with E-state index in [4.69, 9.17) is 0 Å². The van der Waals surface area contributed by atoms with Gasteiger partial charge in [0.05, 0.1) is 0 Å². The van der Waals surface area contributed by atoms with E-state index in [9.17, 15) is 4.79 Å². The number of amides is 1. The lowest BCUT2D eigenvalue weighted by molar-refractivity contribution is -0.123. The number of fused-ring (bicyclic) bond motifs is 2. The summed E-state index contributed by atoms with van der Waals surface area (Å²) in [5.74, 6) is 0.752. The van der Waals surface area contributed by atoms with E-state index >= 15 is 0 Å². The Hall–Kier alpha value is -0.860. The summed E-state index contributed by atoms with van der Waals surface area (Å²) in [6.07, 6.45) is 3.57. The van der Waals surface area contributed by atoms with Crippen molar-refractivity contribution in [3.8, 4) is 0 Å². The van der Waals surface area contributed by atoms with Crippen molar-refractivity contribution in [3.63, 3.8) is 0 Å². The third-order valence-electron chi connectivity index (χ3n) is 5.34. The SMILES string of the molecule is CC(C)C(=O)N/N=C1\C[C@@H]2CC[C@@]1(C)C2(C)C. The van der Waals surface area contributed by atoms with E-state index in [1.165, 1.54) is 18.6 Å². The Balaban J connectivity index is 2.15. The van der Waals surface area contributed by atoms with Gasteiger partial charge in [0.15, 0.2) is 0 Å². The first-order valence-electron chi connectivity index (χ1n) is 6.66. The zero-order chi connectivity index (χ0) is 12.8. The second-order valence-corrected chi connectivity index (χ2v) is 6.68. The fourth-order valence-electron chi connectivity index (χ4n) is 3.35. The lowest BCUT2D eigenvalue weighted by Crippen LogP contribution is -2.34. The average molecular weight is 236 g/mol. The van der Waals surface area contributed by atoms with E-state index < -0.39 is 0 Å². The normalized spacial score (nSPS) is 36.8. The first-order chi connectivity index (χ1) is 7.79. The van der Waals surface area contributed by atoms with Gasteiger partial charge in [0.1, 0.15) is 0 Å². The fourth-order valence-corrected chi connectivity index (χ4v) is 3.35. The Labute approximate surface area is 104 Å². The van der Waals surface area contributed by atoms with Gasteiger partial charge >= 0.3 is 0 Å². The Kier molecular flexibility index (Phi) is 2.83. The van der Waals surface area contributed by atoms with Gasteiger partial charge < -0.3 is 0 Å². The van der Waals surface area contributed by atoms with Crippen LogP contribution in [0.3, 0.4) is 0 Å². The number of rotatable bonds is 2. The van der Waals surface area contributed by atoms with E-state index in [2.05, 4.69) is 31.3 Å². The smallest absolute Gasteiger partial charge is 0.242 e. The maximum atomic E-state index is 11.6. The minimum atomic E-state index is -0.00115. The molecule has 2 aliphatic rings. The summed E-state index contributed by atoms with van der Waals surface area (Å²) in [6, 6.07) is 0. The molecule has 0 aromatic rings. The maximum Gasteiger partial charge on any atom is 0.242 e. The third-order valence-corrected chi connectivity index (χ3v) is 5.34. The van der Waals surface area contributed by atoms with Gasteiger partial charge in [-0.2, -0.15) is 5.10 Å². The number of hydrogen-bond acceptors (Lipinski definition) is 2. The van der Waals surface area contributed by atoms with Crippen LogP contribution in [0.4, 0.5) is 0 Å². The van der Waals surface area contributed by atoms with Crippen molar-refractivity contribution in [3.05, 3.63) is 0 Å². The van der Waals surface area contributed by atoms with E-state index in [1.54, 1.807) is 0 Å². The molecule has 0 aromatic heterocycles. The molecule has 2 bridgehead atoms. The van der Waals surface area contributed by atoms with Gasteiger partial charge in [-0.3, -0.25) is 4.79 Å². The van der Waals surface area contributed by atoms with Crippen LogP contribution < -0.4 is 5.43 Å². The molecule has 1 amide bonds. The van der Waals surface area contributed by atoms with E-state index in [0.29, 0.717) is 5.41 Å². The molecule has 0 heterocycles. The van der Waals surface area contributed by atoms with Crippen LogP contribution in [0.15, 0.2) is 5.10 Å². The van der Waals surface area contributed by atoms with Crippen LogP contribution >= 0.6 is 0 Å². The minimum Gasteiger partial charge on any atom is -0.273 e. The summed E-state index contributed by atoms with van der Waals surface area (Å²) in [7, 11) is 0. The molecule has 0 saturated heterocycles. The first-order valence-corrected chi connectivity index (χ1v) is 6.66. The molecule has 3 heteroatoms. The Morgan fingerprint density at radius 1 is 1.41 bits per heavy atom. The number of hydrazone groups is 1. The quantitative estimate of drug-likeness (QED) is 0.736. The highest BCUT2D eigenvalue weighted by atomic mass is 16.2. The van der Waals surface area contributed by atoms with Crippen molar-refractivity contribution in [1.29, 1.82) is 0 Å². The molecule has 0 aromatic carbocycles. The molecule has 17 heavy (non-hydrogen) atoms. The standard InChI is InChI=1S/C14H24N2O/c1-9(2)12(17)16-15-11-8-10-6-7-14(11,5)13(10,3)4/h9-10H,6-8H2,1-5H3,(H,16,17)/b15-11+/t10-,14+/m0/s1. The van der Waals surface area contributed by atoms with Gasteiger partial charge in [-0.25, -0.2) is 5.43 Å². The molecule has 2 aliphatic carbocycles. The second kappa shape index (κ2) is 3.82. The van der Waals surface area contributed by atoms with Crippen molar-refractivity contribution < 1.29 is 4.79 Å². The Bertz CT molecular complexity index is 370. The van der Waals surface area contributed by atoms with Crippen LogP contribution in [-0.4, -0.2) is 11.6 Å². The highest BCUT2D eigenvalue weighted by Gasteiger charge is 2.59. The van der Waals surface area contributed by atoms with Gasteiger partial charge in [0.2, 0.25) is 5.91 Å². The molecular weight excluding hydrogens is 212 g/mol. The summed E-state index contributed by atoms with van der Waals surface area (Å²) < 4.78 is 0. The molecule has 0 spiro atoms. The van der Waals surface area contributed by atoms with Crippen molar-refractivity contribution in [1.82, 2.24) is 5.43 Å². The fraction of sp³-hybridized carbons (Fsp3) is 0.857. The molecule has 3 nitrogen and oxygen atoms in total. The van der Waals surface area contributed by atoms with Gasteiger partial charge in [-0.15, -0.1) is 0 Å². The van der Waals surface area contributed by atoms with Crippen LogP contribution in [0.2, 0.25) is 0 Å². The topological polar surface area (TPSA) is 41.5 Å². The summed E-state index contributed by atoms with van der Waals surface area (Å²) in [6.45, 7) is 10.8. The number of carbonyl (C=O) groups is 1. The predicted molar refractivity (Wildman–Crippen MR) is 69.6 cm³/mol. The Morgan fingerprint density at radius 3 is 2.47 bits per heavy atom. The first kappa shape index (κ1) is 12.6. The van der Waals surface area contributed by atoms with Gasteiger partial charge in [-0.05, 0) is 30.6 Å². The summed E-state index contributed by atoms with van der Waals surface area (Å²) in [4.78, 5) is 11.6. The number of nitrogens with zero attached hydrogens (tertiary/aromatic N) is 1. The lowest BCUT2D eigenvalue weighted by Gasteiger charge is -2.34. The largest absolute Gasteiger partial charge is 0.273 e. The monoisotopic (exact) mass is 236 g/mol. The molecule has 2 atom stereocenters. The molecule has 96 valence electrons. The summed E-state index contributed by atoms with van der Waals surface area (Å²) >= 11 is 0. The minimum absolute atomic E-state index is 0.00115. The zero-order valence-corrected chi connectivity index (χ0v) is 11.6. The lowest BCUT2D eigenvalue weighted by atomic mass is 9.70. The second-order valence-electron chi connectivity index (χ2n) is 6.68.